The van der Waals surface area contributed by atoms with Gasteiger partial charge in [-0.2, -0.15) is 0 Å². The van der Waals surface area contributed by atoms with Crippen LogP contribution < -0.4 is 0 Å². The number of fused-ring (bicyclic) bond motifs is 5. The highest BCUT2D eigenvalue weighted by molar-refractivity contribution is 5.12. The maximum absolute atomic E-state index is 9.32. The summed E-state index contributed by atoms with van der Waals surface area (Å²) >= 11 is 0. The lowest BCUT2D eigenvalue weighted by Gasteiger charge is -2.60. The molecule has 4 fully saturated rings. The highest BCUT2D eigenvalue weighted by Crippen LogP contribution is 2.66. The van der Waals surface area contributed by atoms with Crippen LogP contribution in [0.1, 0.15) is 71.6 Å². The normalized spacial score (nSPS) is 48.7. The molecule has 0 unspecified atom stereocenters. The fourth-order valence-electron chi connectivity index (χ4n) is 7.96. The molecule has 8 atom stereocenters. The lowest BCUT2D eigenvalue weighted by molar-refractivity contribution is -0.149. The summed E-state index contributed by atoms with van der Waals surface area (Å²) in [6.45, 7) is 5.53. The van der Waals surface area contributed by atoms with E-state index in [0.717, 1.165) is 30.1 Å². The maximum atomic E-state index is 9.32. The van der Waals surface area contributed by atoms with Crippen LogP contribution in [0.3, 0.4) is 0 Å². The first kappa shape index (κ1) is 19.7. The number of ether oxygens (including phenoxy) is 2. The minimum atomic E-state index is -0.119. The SMILES string of the molecule is COCC#C[C@H]1CC[C@@]2(C)[C@@H](CC[C@@H]3[C@@H]2CC[C@]2(C)[C@@H](OCO)CC[C@@H]32)C1. The van der Waals surface area contributed by atoms with Gasteiger partial charge in [0.05, 0.1) is 6.10 Å². The molecule has 1 N–H and O–H groups in total. The fourth-order valence-corrected chi connectivity index (χ4v) is 7.96. The van der Waals surface area contributed by atoms with Crippen LogP contribution in [0.2, 0.25) is 0 Å². The molecule has 0 radical (unpaired) electrons. The molecule has 0 bridgehead atoms. The summed E-state index contributed by atoms with van der Waals surface area (Å²) < 4.78 is 10.9. The third-order valence-electron chi connectivity index (χ3n) is 9.38. The van der Waals surface area contributed by atoms with Crippen molar-refractivity contribution in [3.63, 3.8) is 0 Å². The summed E-state index contributed by atoms with van der Waals surface area (Å²) in [5.41, 5.74) is 0.801. The number of aliphatic hydroxyl groups excluding tert-OH is 1. The zero-order valence-electron chi connectivity index (χ0n) is 17.5. The van der Waals surface area contributed by atoms with Gasteiger partial charge in [0.15, 0.2) is 0 Å². The molecule has 0 aromatic heterocycles. The molecule has 4 rings (SSSR count). The van der Waals surface area contributed by atoms with Gasteiger partial charge in [-0.1, -0.05) is 25.7 Å². The summed E-state index contributed by atoms with van der Waals surface area (Å²) in [6.07, 6.45) is 12.1. The summed E-state index contributed by atoms with van der Waals surface area (Å²) in [5, 5.41) is 9.32. The minimum absolute atomic E-state index is 0.119. The number of rotatable bonds is 3. The molecule has 0 heterocycles. The molecule has 0 aromatic carbocycles. The Bertz CT molecular complexity index is 592. The molecule has 0 spiro atoms. The fraction of sp³-hybridized carbons (Fsp3) is 0.917. The average Bonchev–Trinajstić information content (AvgIpc) is 2.99. The second kappa shape index (κ2) is 7.69. The second-order valence-corrected chi connectivity index (χ2v) is 10.3. The van der Waals surface area contributed by atoms with Gasteiger partial charge in [-0.05, 0) is 92.3 Å². The molecule has 0 saturated heterocycles. The van der Waals surface area contributed by atoms with Crippen LogP contribution in [-0.4, -0.2) is 31.7 Å². The van der Waals surface area contributed by atoms with Gasteiger partial charge < -0.3 is 14.6 Å². The zero-order valence-corrected chi connectivity index (χ0v) is 17.5. The van der Waals surface area contributed by atoms with Crippen molar-refractivity contribution in [3.8, 4) is 11.8 Å². The van der Waals surface area contributed by atoms with E-state index in [1.165, 1.54) is 51.4 Å². The van der Waals surface area contributed by atoms with E-state index >= 15 is 0 Å². The van der Waals surface area contributed by atoms with E-state index in [2.05, 4.69) is 25.7 Å². The number of hydrogen-bond acceptors (Lipinski definition) is 3. The van der Waals surface area contributed by atoms with E-state index in [1.54, 1.807) is 7.11 Å². The smallest absolute Gasteiger partial charge is 0.143 e. The Morgan fingerprint density at radius 1 is 0.963 bits per heavy atom. The van der Waals surface area contributed by atoms with Crippen molar-refractivity contribution in [2.75, 3.05) is 20.5 Å². The second-order valence-electron chi connectivity index (χ2n) is 10.3. The van der Waals surface area contributed by atoms with Gasteiger partial charge >= 0.3 is 0 Å². The van der Waals surface area contributed by atoms with Crippen molar-refractivity contribution in [3.05, 3.63) is 0 Å². The number of methoxy groups -OCH3 is 1. The molecule has 27 heavy (non-hydrogen) atoms. The molecule has 152 valence electrons. The van der Waals surface area contributed by atoms with Crippen LogP contribution in [0.15, 0.2) is 0 Å². The molecular formula is C24H38O3. The molecule has 0 aliphatic heterocycles. The van der Waals surface area contributed by atoms with Gasteiger partial charge in [0, 0.05) is 13.0 Å². The maximum Gasteiger partial charge on any atom is 0.143 e. The van der Waals surface area contributed by atoms with Gasteiger partial charge in [-0.3, -0.25) is 0 Å². The van der Waals surface area contributed by atoms with Crippen LogP contribution in [-0.2, 0) is 9.47 Å². The van der Waals surface area contributed by atoms with Crippen molar-refractivity contribution >= 4 is 0 Å². The van der Waals surface area contributed by atoms with E-state index in [-0.39, 0.29) is 18.3 Å². The van der Waals surface area contributed by atoms with E-state index in [0.29, 0.717) is 17.9 Å². The van der Waals surface area contributed by atoms with Crippen LogP contribution in [0.25, 0.3) is 0 Å². The van der Waals surface area contributed by atoms with Crippen molar-refractivity contribution < 1.29 is 14.6 Å². The lowest BCUT2D eigenvalue weighted by Crippen LogP contribution is -2.54. The zero-order chi connectivity index (χ0) is 19.1. The van der Waals surface area contributed by atoms with E-state index in [4.69, 9.17) is 9.47 Å². The number of aliphatic hydroxyl groups is 1. The topological polar surface area (TPSA) is 38.7 Å². The molecule has 3 nitrogen and oxygen atoms in total. The van der Waals surface area contributed by atoms with Crippen molar-refractivity contribution in [2.24, 2.45) is 40.4 Å². The molecule has 4 saturated carbocycles. The Morgan fingerprint density at radius 3 is 2.52 bits per heavy atom. The monoisotopic (exact) mass is 374 g/mol. The molecule has 0 amide bonds. The van der Waals surface area contributed by atoms with Crippen molar-refractivity contribution in [1.29, 1.82) is 0 Å². The predicted octanol–water partition coefficient (Wildman–Crippen LogP) is 4.63. The molecule has 4 aliphatic rings. The predicted molar refractivity (Wildman–Crippen MR) is 107 cm³/mol. The molecular weight excluding hydrogens is 336 g/mol. The summed E-state index contributed by atoms with van der Waals surface area (Å²) in [7, 11) is 1.73. The van der Waals surface area contributed by atoms with Crippen molar-refractivity contribution in [1.82, 2.24) is 0 Å². The minimum Gasteiger partial charge on any atom is -0.372 e. The third kappa shape index (κ3) is 3.26. The summed E-state index contributed by atoms with van der Waals surface area (Å²) in [4.78, 5) is 0. The summed E-state index contributed by atoms with van der Waals surface area (Å²) in [6, 6.07) is 0. The van der Waals surface area contributed by atoms with Crippen LogP contribution in [0.5, 0.6) is 0 Å². The first-order valence-corrected chi connectivity index (χ1v) is 11.2. The van der Waals surface area contributed by atoms with Gasteiger partial charge in [0.25, 0.3) is 0 Å². The van der Waals surface area contributed by atoms with Crippen molar-refractivity contribution in [2.45, 2.75) is 77.7 Å². The average molecular weight is 375 g/mol. The first-order valence-electron chi connectivity index (χ1n) is 11.2. The van der Waals surface area contributed by atoms with Gasteiger partial charge in [0.1, 0.15) is 13.4 Å². The first-order chi connectivity index (χ1) is 13.0. The number of hydrogen-bond donors (Lipinski definition) is 1. The highest BCUT2D eigenvalue weighted by Gasteiger charge is 2.60. The molecule has 3 heteroatoms. The Labute approximate surface area is 165 Å². The standard InChI is InChI=1S/C24H38O3/c1-23-12-10-17(5-4-14-26-3)15-18(23)6-7-19-20-8-9-22(27-16-25)24(20,2)13-11-21(19)23/h17-22,25H,6-16H2,1-3H3/t17-,18-,19-,20-,21-,22-,23-,24-/m0/s1. The van der Waals surface area contributed by atoms with E-state index < -0.39 is 0 Å². The summed E-state index contributed by atoms with van der Waals surface area (Å²) in [5.74, 6) is 10.7. The van der Waals surface area contributed by atoms with Crippen LogP contribution >= 0.6 is 0 Å². The lowest BCUT2D eigenvalue weighted by atomic mass is 9.44. The Balaban J connectivity index is 1.48. The highest BCUT2D eigenvalue weighted by atomic mass is 16.6. The largest absolute Gasteiger partial charge is 0.372 e. The quantitative estimate of drug-likeness (QED) is 0.578. The van der Waals surface area contributed by atoms with E-state index in [9.17, 15) is 5.11 Å². The third-order valence-corrected chi connectivity index (χ3v) is 9.38. The Hall–Kier alpha value is -0.560. The van der Waals surface area contributed by atoms with Crippen LogP contribution in [0.4, 0.5) is 0 Å². The Kier molecular flexibility index (Phi) is 5.63. The van der Waals surface area contributed by atoms with E-state index in [1.807, 2.05) is 0 Å². The Morgan fingerprint density at radius 2 is 1.74 bits per heavy atom. The van der Waals surface area contributed by atoms with Gasteiger partial charge in [0.2, 0.25) is 0 Å². The van der Waals surface area contributed by atoms with Gasteiger partial charge in [-0.15, -0.1) is 0 Å². The van der Waals surface area contributed by atoms with Crippen LogP contribution in [0, 0.1) is 52.3 Å². The molecule has 4 aliphatic carbocycles. The molecule has 0 aromatic rings. The van der Waals surface area contributed by atoms with Gasteiger partial charge in [-0.25, -0.2) is 0 Å².